The van der Waals surface area contributed by atoms with Gasteiger partial charge in [0.05, 0.1) is 0 Å². The molecule has 15 heavy (non-hydrogen) atoms. The molecule has 1 rings (SSSR count). The van der Waals surface area contributed by atoms with Crippen LogP contribution in [0, 0.1) is 0 Å². The van der Waals surface area contributed by atoms with Crippen molar-refractivity contribution in [3.8, 4) is 0 Å². The van der Waals surface area contributed by atoms with E-state index in [1.165, 1.54) is 0 Å². The molecule has 0 saturated carbocycles. The van der Waals surface area contributed by atoms with Crippen LogP contribution in [0.25, 0.3) is 0 Å². The monoisotopic (exact) mass is 215 g/mol. The van der Waals surface area contributed by atoms with Gasteiger partial charge in [-0.05, 0) is 6.92 Å². The van der Waals surface area contributed by atoms with E-state index in [0.29, 0.717) is 6.61 Å². The van der Waals surface area contributed by atoms with Crippen LogP contribution < -0.4 is 0 Å². The first-order valence-corrected chi connectivity index (χ1v) is 4.10. The highest BCUT2D eigenvalue weighted by molar-refractivity contribution is 5.98. The summed E-state index contributed by atoms with van der Waals surface area (Å²) in [5, 5.41) is 17.2. The zero-order chi connectivity index (χ0) is 11.4. The fourth-order valence-electron chi connectivity index (χ4n) is 0.905. The third-order valence-corrected chi connectivity index (χ3v) is 1.50. The lowest BCUT2D eigenvalue weighted by Gasteiger charge is -1.93. The zero-order valence-electron chi connectivity index (χ0n) is 7.89. The maximum absolute atomic E-state index is 10.6. The highest BCUT2D eigenvalue weighted by Gasteiger charge is 2.24. The van der Waals surface area contributed by atoms with Crippen molar-refractivity contribution < 1.29 is 29.0 Å². The van der Waals surface area contributed by atoms with Crippen molar-refractivity contribution in [1.29, 1.82) is 0 Å². The summed E-state index contributed by atoms with van der Waals surface area (Å²) in [6.07, 6.45) is 0. The van der Waals surface area contributed by atoms with Gasteiger partial charge in [-0.1, -0.05) is 0 Å². The van der Waals surface area contributed by atoms with E-state index in [-0.39, 0.29) is 12.5 Å². The number of hydrogen-bond donors (Lipinski definition) is 2. The second-order valence-corrected chi connectivity index (χ2v) is 2.53. The number of carboxylic acids is 2. The number of aromatic nitrogens is 1. The molecular weight excluding hydrogens is 206 g/mol. The minimum atomic E-state index is -1.47. The van der Waals surface area contributed by atoms with Gasteiger partial charge in [-0.15, -0.1) is 0 Å². The largest absolute Gasteiger partial charge is 0.476 e. The lowest BCUT2D eigenvalue weighted by molar-refractivity contribution is 0.0617. The maximum Gasteiger partial charge on any atom is 0.374 e. The summed E-state index contributed by atoms with van der Waals surface area (Å²) >= 11 is 0. The number of rotatable bonds is 5. The third kappa shape index (κ3) is 2.53. The molecular formula is C8H9NO6. The van der Waals surface area contributed by atoms with Gasteiger partial charge in [0.25, 0.3) is 0 Å². The van der Waals surface area contributed by atoms with Crippen molar-refractivity contribution in [2.24, 2.45) is 0 Å². The molecule has 0 aliphatic carbocycles. The molecule has 1 aromatic rings. The summed E-state index contributed by atoms with van der Waals surface area (Å²) in [6.45, 7) is 2.08. The van der Waals surface area contributed by atoms with Gasteiger partial charge in [-0.25, -0.2) is 14.6 Å². The molecule has 2 N–H and O–H groups in total. The van der Waals surface area contributed by atoms with Crippen LogP contribution in [0.2, 0.25) is 0 Å². The molecule has 82 valence electrons. The molecule has 7 heteroatoms. The molecule has 0 saturated heterocycles. The minimum Gasteiger partial charge on any atom is -0.476 e. The number of ether oxygens (including phenoxy) is 1. The van der Waals surface area contributed by atoms with Gasteiger partial charge in [0.2, 0.25) is 17.3 Å². The molecule has 1 aromatic heterocycles. The molecule has 0 fully saturated rings. The Bertz CT molecular complexity index is 351. The smallest absolute Gasteiger partial charge is 0.374 e. The summed E-state index contributed by atoms with van der Waals surface area (Å²) in [6, 6.07) is 0. The van der Waals surface area contributed by atoms with Crippen LogP contribution in [0.15, 0.2) is 4.42 Å². The van der Waals surface area contributed by atoms with E-state index in [0.717, 1.165) is 0 Å². The summed E-state index contributed by atoms with van der Waals surface area (Å²) in [4.78, 5) is 24.7. The average Bonchev–Trinajstić information content (AvgIpc) is 2.58. The zero-order valence-corrected chi connectivity index (χ0v) is 7.89. The quantitative estimate of drug-likeness (QED) is 0.740. The van der Waals surface area contributed by atoms with Crippen LogP contribution in [0.5, 0.6) is 0 Å². The van der Waals surface area contributed by atoms with Crippen LogP contribution >= 0.6 is 0 Å². The van der Waals surface area contributed by atoms with Crippen molar-refractivity contribution in [2.75, 3.05) is 6.61 Å². The maximum atomic E-state index is 10.6. The Morgan fingerprint density at radius 3 is 2.47 bits per heavy atom. The highest BCUT2D eigenvalue weighted by Crippen LogP contribution is 2.12. The lowest BCUT2D eigenvalue weighted by Crippen LogP contribution is -2.05. The predicted molar refractivity (Wildman–Crippen MR) is 45.8 cm³/mol. The summed E-state index contributed by atoms with van der Waals surface area (Å²) in [5.41, 5.74) is -0.614. The van der Waals surface area contributed by atoms with E-state index < -0.39 is 23.4 Å². The van der Waals surface area contributed by atoms with E-state index in [4.69, 9.17) is 19.4 Å². The Hall–Kier alpha value is -1.89. The van der Waals surface area contributed by atoms with E-state index in [1.807, 2.05) is 0 Å². The summed E-state index contributed by atoms with van der Waals surface area (Å²) in [7, 11) is 0. The van der Waals surface area contributed by atoms with Crippen molar-refractivity contribution in [1.82, 2.24) is 4.98 Å². The molecule has 0 aromatic carbocycles. The Balaban J connectivity index is 2.98. The Kier molecular flexibility index (Phi) is 3.40. The van der Waals surface area contributed by atoms with E-state index in [2.05, 4.69) is 4.98 Å². The van der Waals surface area contributed by atoms with Crippen molar-refractivity contribution in [3.63, 3.8) is 0 Å². The van der Waals surface area contributed by atoms with Crippen LogP contribution in [-0.4, -0.2) is 33.7 Å². The fraction of sp³-hybridized carbons (Fsp3) is 0.375. The molecule has 0 unspecified atom stereocenters. The van der Waals surface area contributed by atoms with Crippen LogP contribution in [0.3, 0.4) is 0 Å². The summed E-state index contributed by atoms with van der Waals surface area (Å²) in [5.74, 6) is -3.66. The number of carboxylic acid groups (broad SMARTS) is 2. The molecule has 0 aliphatic rings. The average molecular weight is 215 g/mol. The number of nitrogens with zero attached hydrogens (tertiary/aromatic N) is 1. The van der Waals surface area contributed by atoms with Crippen molar-refractivity contribution in [2.45, 2.75) is 13.5 Å². The molecule has 0 spiro atoms. The van der Waals surface area contributed by atoms with Gasteiger partial charge in [-0.3, -0.25) is 0 Å². The second-order valence-electron chi connectivity index (χ2n) is 2.53. The van der Waals surface area contributed by atoms with Gasteiger partial charge < -0.3 is 19.4 Å². The van der Waals surface area contributed by atoms with Gasteiger partial charge in [-0.2, -0.15) is 0 Å². The fourth-order valence-corrected chi connectivity index (χ4v) is 0.905. The number of hydrogen-bond acceptors (Lipinski definition) is 5. The molecule has 1 heterocycles. The first-order chi connectivity index (χ1) is 7.06. The van der Waals surface area contributed by atoms with Crippen molar-refractivity contribution >= 4 is 11.9 Å². The van der Waals surface area contributed by atoms with Crippen LogP contribution in [0.1, 0.15) is 33.9 Å². The highest BCUT2D eigenvalue weighted by atomic mass is 16.5. The van der Waals surface area contributed by atoms with Crippen LogP contribution in [-0.2, 0) is 11.3 Å². The Labute approximate surface area is 84.3 Å². The first kappa shape index (κ1) is 11.2. The molecule has 0 bridgehead atoms. The minimum absolute atomic E-state index is 0.0515. The van der Waals surface area contributed by atoms with Gasteiger partial charge in [0, 0.05) is 6.61 Å². The SMILES string of the molecule is CCOCc1nc(C(=O)O)c(C(=O)O)o1. The summed E-state index contributed by atoms with van der Waals surface area (Å²) < 4.78 is 9.63. The lowest BCUT2D eigenvalue weighted by atomic mass is 10.3. The van der Waals surface area contributed by atoms with Crippen molar-refractivity contribution in [3.05, 3.63) is 17.3 Å². The van der Waals surface area contributed by atoms with E-state index >= 15 is 0 Å². The number of aromatic carboxylic acids is 2. The van der Waals surface area contributed by atoms with Gasteiger partial charge in [0.1, 0.15) is 6.61 Å². The number of oxazole rings is 1. The molecule has 7 nitrogen and oxygen atoms in total. The van der Waals surface area contributed by atoms with E-state index in [9.17, 15) is 9.59 Å². The second kappa shape index (κ2) is 4.56. The standard InChI is InChI=1S/C8H9NO6/c1-2-14-3-4-9-5(7(10)11)6(15-4)8(12)13/h2-3H2,1H3,(H,10,11)(H,12,13). The number of carbonyl (C=O) groups is 2. The Morgan fingerprint density at radius 1 is 1.40 bits per heavy atom. The van der Waals surface area contributed by atoms with Gasteiger partial charge >= 0.3 is 11.9 Å². The molecule has 0 radical (unpaired) electrons. The van der Waals surface area contributed by atoms with Gasteiger partial charge in [0.15, 0.2) is 0 Å². The molecule has 0 amide bonds. The predicted octanol–water partition coefficient (Wildman–Crippen LogP) is 0.608. The first-order valence-electron chi connectivity index (χ1n) is 4.10. The van der Waals surface area contributed by atoms with Crippen LogP contribution in [0.4, 0.5) is 0 Å². The topological polar surface area (TPSA) is 110 Å². The normalized spacial score (nSPS) is 10.2. The molecule has 0 atom stereocenters. The van der Waals surface area contributed by atoms with E-state index in [1.54, 1.807) is 6.92 Å². The Morgan fingerprint density at radius 2 is 2.07 bits per heavy atom. The third-order valence-electron chi connectivity index (χ3n) is 1.50. The molecule has 0 aliphatic heterocycles.